The Hall–Kier alpha value is -0.120. The Kier molecular flexibility index (Phi) is 3.65. The number of aliphatic hydroxyl groups is 1. The Labute approximate surface area is 92.0 Å². The van der Waals surface area contributed by atoms with Crippen LogP contribution in [0, 0.1) is 11.3 Å². The minimum Gasteiger partial charge on any atom is -0.392 e. The van der Waals surface area contributed by atoms with E-state index in [-0.39, 0.29) is 11.5 Å². The van der Waals surface area contributed by atoms with Crippen molar-refractivity contribution in [2.75, 3.05) is 19.8 Å². The molecule has 0 aromatic rings. The van der Waals surface area contributed by atoms with Crippen LogP contribution in [0.5, 0.6) is 0 Å². The third kappa shape index (κ3) is 2.19. The van der Waals surface area contributed by atoms with E-state index < -0.39 is 0 Å². The fourth-order valence-electron chi connectivity index (χ4n) is 3.18. The molecule has 3 heteroatoms. The van der Waals surface area contributed by atoms with Crippen LogP contribution in [0.2, 0.25) is 0 Å². The molecular formula is C12H23NO2. The first-order chi connectivity index (χ1) is 7.28. The summed E-state index contributed by atoms with van der Waals surface area (Å²) in [5, 5.41) is 10.5. The van der Waals surface area contributed by atoms with Gasteiger partial charge in [0.2, 0.25) is 0 Å². The Morgan fingerprint density at radius 3 is 2.60 bits per heavy atom. The molecule has 2 aliphatic rings. The predicted octanol–water partition coefficient (Wildman–Crippen LogP) is 1.29. The monoisotopic (exact) mass is 213 g/mol. The van der Waals surface area contributed by atoms with E-state index in [1.807, 2.05) is 0 Å². The molecule has 2 rings (SSSR count). The molecule has 0 spiro atoms. The van der Waals surface area contributed by atoms with E-state index in [0.717, 1.165) is 32.5 Å². The van der Waals surface area contributed by atoms with Crippen LogP contribution in [0.25, 0.3) is 0 Å². The van der Waals surface area contributed by atoms with E-state index >= 15 is 0 Å². The van der Waals surface area contributed by atoms with Crippen LogP contribution in [0.3, 0.4) is 0 Å². The summed E-state index contributed by atoms with van der Waals surface area (Å²) in [7, 11) is 0. The fourth-order valence-corrected chi connectivity index (χ4v) is 3.18. The zero-order valence-electron chi connectivity index (χ0n) is 9.45. The van der Waals surface area contributed by atoms with Gasteiger partial charge in [-0.15, -0.1) is 0 Å². The van der Waals surface area contributed by atoms with Gasteiger partial charge in [0.15, 0.2) is 0 Å². The molecule has 1 saturated carbocycles. The lowest BCUT2D eigenvalue weighted by Gasteiger charge is -2.42. The number of aliphatic hydroxyl groups excluding tert-OH is 1. The minimum atomic E-state index is -0.245. The molecule has 2 unspecified atom stereocenters. The van der Waals surface area contributed by atoms with E-state index in [9.17, 15) is 5.11 Å². The van der Waals surface area contributed by atoms with Crippen LogP contribution in [-0.2, 0) is 4.74 Å². The van der Waals surface area contributed by atoms with Crippen molar-refractivity contribution < 1.29 is 9.84 Å². The Morgan fingerprint density at radius 1 is 1.33 bits per heavy atom. The lowest BCUT2D eigenvalue weighted by Crippen LogP contribution is -2.47. The van der Waals surface area contributed by atoms with Gasteiger partial charge in [-0.05, 0) is 19.3 Å². The Morgan fingerprint density at radius 2 is 2.07 bits per heavy atom. The summed E-state index contributed by atoms with van der Waals surface area (Å²) in [5.74, 6) is 0.326. The van der Waals surface area contributed by atoms with Crippen LogP contribution in [0.1, 0.15) is 38.5 Å². The molecule has 0 aromatic carbocycles. The van der Waals surface area contributed by atoms with E-state index in [1.54, 1.807) is 0 Å². The molecule has 1 aliphatic heterocycles. The topological polar surface area (TPSA) is 55.5 Å². The third-order valence-corrected chi connectivity index (χ3v) is 4.29. The quantitative estimate of drug-likeness (QED) is 0.743. The molecule has 3 N–H and O–H groups in total. The molecule has 0 radical (unpaired) electrons. The van der Waals surface area contributed by atoms with Crippen LogP contribution >= 0.6 is 0 Å². The number of nitrogens with two attached hydrogens (primary N) is 1. The van der Waals surface area contributed by atoms with Crippen molar-refractivity contribution in [1.82, 2.24) is 0 Å². The zero-order chi connectivity index (χ0) is 10.7. The SMILES string of the molecule is NCC1(C(O)C2CCOC2)CCCCC1. The average Bonchev–Trinajstić information content (AvgIpc) is 2.82. The summed E-state index contributed by atoms with van der Waals surface area (Å²) in [6, 6.07) is 0. The number of hydrogen-bond donors (Lipinski definition) is 2. The van der Waals surface area contributed by atoms with Crippen molar-refractivity contribution in [3.8, 4) is 0 Å². The van der Waals surface area contributed by atoms with Crippen LogP contribution < -0.4 is 5.73 Å². The van der Waals surface area contributed by atoms with Gasteiger partial charge < -0.3 is 15.6 Å². The molecule has 1 heterocycles. The lowest BCUT2D eigenvalue weighted by atomic mass is 9.67. The first-order valence-corrected chi connectivity index (χ1v) is 6.24. The first kappa shape index (κ1) is 11.4. The number of rotatable bonds is 3. The Balaban J connectivity index is 2.02. The highest BCUT2D eigenvalue weighted by molar-refractivity contribution is 4.93. The largest absolute Gasteiger partial charge is 0.392 e. The highest BCUT2D eigenvalue weighted by atomic mass is 16.5. The highest BCUT2D eigenvalue weighted by Gasteiger charge is 2.42. The number of hydrogen-bond acceptors (Lipinski definition) is 3. The van der Waals surface area contributed by atoms with Crippen LogP contribution in [0.4, 0.5) is 0 Å². The first-order valence-electron chi connectivity index (χ1n) is 6.24. The summed E-state index contributed by atoms with van der Waals surface area (Å²) in [4.78, 5) is 0. The maximum Gasteiger partial charge on any atom is 0.0659 e. The lowest BCUT2D eigenvalue weighted by molar-refractivity contribution is -0.0383. The molecular weight excluding hydrogens is 190 g/mol. The molecule has 0 bridgehead atoms. The predicted molar refractivity (Wildman–Crippen MR) is 59.5 cm³/mol. The average molecular weight is 213 g/mol. The highest BCUT2D eigenvalue weighted by Crippen LogP contribution is 2.42. The second-order valence-electron chi connectivity index (χ2n) is 5.20. The van der Waals surface area contributed by atoms with Crippen molar-refractivity contribution in [3.63, 3.8) is 0 Å². The van der Waals surface area contributed by atoms with Gasteiger partial charge in [-0.2, -0.15) is 0 Å². The van der Waals surface area contributed by atoms with E-state index in [4.69, 9.17) is 10.5 Å². The van der Waals surface area contributed by atoms with Crippen molar-refractivity contribution >= 4 is 0 Å². The zero-order valence-corrected chi connectivity index (χ0v) is 9.45. The number of ether oxygens (including phenoxy) is 1. The molecule has 3 nitrogen and oxygen atoms in total. The van der Waals surface area contributed by atoms with E-state index in [0.29, 0.717) is 12.5 Å². The fraction of sp³-hybridized carbons (Fsp3) is 1.00. The maximum absolute atomic E-state index is 10.5. The van der Waals surface area contributed by atoms with Crippen molar-refractivity contribution in [2.24, 2.45) is 17.1 Å². The van der Waals surface area contributed by atoms with E-state index in [1.165, 1.54) is 19.3 Å². The van der Waals surface area contributed by atoms with Gasteiger partial charge in [-0.1, -0.05) is 19.3 Å². The van der Waals surface area contributed by atoms with Gasteiger partial charge in [-0.25, -0.2) is 0 Å². The minimum absolute atomic E-state index is 0.00336. The molecule has 15 heavy (non-hydrogen) atoms. The maximum atomic E-state index is 10.5. The van der Waals surface area contributed by atoms with Crippen molar-refractivity contribution in [2.45, 2.75) is 44.6 Å². The second kappa shape index (κ2) is 4.81. The Bertz CT molecular complexity index is 196. The van der Waals surface area contributed by atoms with Crippen molar-refractivity contribution in [1.29, 1.82) is 0 Å². The normalized spacial score (nSPS) is 32.8. The molecule has 2 atom stereocenters. The smallest absolute Gasteiger partial charge is 0.0659 e. The molecule has 2 fully saturated rings. The van der Waals surface area contributed by atoms with Gasteiger partial charge in [0.05, 0.1) is 12.7 Å². The van der Waals surface area contributed by atoms with E-state index in [2.05, 4.69) is 0 Å². The summed E-state index contributed by atoms with van der Waals surface area (Å²) >= 11 is 0. The molecule has 88 valence electrons. The van der Waals surface area contributed by atoms with Crippen molar-refractivity contribution in [3.05, 3.63) is 0 Å². The van der Waals surface area contributed by atoms with Gasteiger partial charge in [-0.3, -0.25) is 0 Å². The summed E-state index contributed by atoms with van der Waals surface area (Å²) in [6.45, 7) is 2.16. The molecule has 1 aliphatic carbocycles. The molecule has 0 aromatic heterocycles. The molecule has 0 amide bonds. The van der Waals surface area contributed by atoms with Gasteiger partial charge in [0.1, 0.15) is 0 Å². The second-order valence-corrected chi connectivity index (χ2v) is 5.20. The molecule has 1 saturated heterocycles. The van der Waals surface area contributed by atoms with Gasteiger partial charge in [0, 0.05) is 24.5 Å². The van der Waals surface area contributed by atoms with Gasteiger partial charge >= 0.3 is 0 Å². The summed E-state index contributed by atoms with van der Waals surface area (Å²) < 4.78 is 5.36. The third-order valence-electron chi connectivity index (χ3n) is 4.29. The van der Waals surface area contributed by atoms with Crippen LogP contribution in [0.15, 0.2) is 0 Å². The summed E-state index contributed by atoms with van der Waals surface area (Å²) in [6.07, 6.45) is 6.70. The summed E-state index contributed by atoms with van der Waals surface area (Å²) in [5.41, 5.74) is 5.90. The standard InChI is InChI=1S/C12H23NO2/c13-9-12(5-2-1-3-6-12)11(14)10-4-7-15-8-10/h10-11,14H,1-9,13H2. The van der Waals surface area contributed by atoms with Gasteiger partial charge in [0.25, 0.3) is 0 Å². The van der Waals surface area contributed by atoms with Crippen LogP contribution in [-0.4, -0.2) is 31.0 Å².